The largest absolute Gasteiger partial charge is 0.398 e. The van der Waals surface area contributed by atoms with E-state index in [2.05, 4.69) is 27.2 Å². The summed E-state index contributed by atoms with van der Waals surface area (Å²) < 4.78 is 32.9. The molecule has 2 fully saturated rings. The molecule has 216 valence electrons. The number of nitrogens with one attached hydrogen (secondary N) is 1. The lowest BCUT2D eigenvalue weighted by Crippen LogP contribution is -2.44. The van der Waals surface area contributed by atoms with E-state index in [1.165, 1.54) is 12.1 Å². The van der Waals surface area contributed by atoms with Crippen LogP contribution in [-0.2, 0) is 11.2 Å². The lowest BCUT2D eigenvalue weighted by Gasteiger charge is -2.34. The fourth-order valence-electron chi connectivity index (χ4n) is 5.28. The van der Waals surface area contributed by atoms with Crippen LogP contribution in [0.3, 0.4) is 0 Å². The number of benzene rings is 3. The molecule has 41 heavy (non-hydrogen) atoms. The van der Waals surface area contributed by atoms with Crippen LogP contribution in [0.2, 0.25) is 0 Å². The smallest absolute Gasteiger partial charge is 0.281 e. The Hall–Kier alpha value is -4.02. The van der Waals surface area contributed by atoms with Crippen LogP contribution in [0.1, 0.15) is 39.9 Å². The molecule has 10 heteroatoms. The molecule has 0 aromatic heterocycles. The summed E-state index contributed by atoms with van der Waals surface area (Å²) in [6.07, 6.45) is 1.95. The number of likely N-dealkylation sites (N-methyl/N-ethyl adjacent to an activating group) is 1. The van der Waals surface area contributed by atoms with E-state index in [0.29, 0.717) is 41.3 Å². The minimum atomic E-state index is -0.647. The zero-order chi connectivity index (χ0) is 28.9. The Kier molecular flexibility index (Phi) is 8.80. The first-order chi connectivity index (χ1) is 19.7. The Bertz CT molecular complexity index is 1410. The summed E-state index contributed by atoms with van der Waals surface area (Å²) in [4.78, 5) is 22.4. The van der Waals surface area contributed by atoms with E-state index in [1.54, 1.807) is 24.3 Å². The Labute approximate surface area is 239 Å². The molecule has 3 aromatic carbocycles. The highest BCUT2D eigenvalue weighted by molar-refractivity contribution is 6.12. The van der Waals surface area contributed by atoms with E-state index >= 15 is 0 Å². The molecular weight excluding hydrogens is 526 g/mol. The van der Waals surface area contributed by atoms with E-state index in [1.807, 2.05) is 12.1 Å². The number of rotatable bonds is 7. The number of amidine groups is 1. The summed E-state index contributed by atoms with van der Waals surface area (Å²) in [5.74, 6) is -1.81. The molecule has 2 aliphatic heterocycles. The minimum absolute atomic E-state index is 0.0278. The molecule has 0 aliphatic carbocycles. The number of amides is 1. The number of piperazine rings is 1. The molecule has 0 radical (unpaired) electrons. The van der Waals surface area contributed by atoms with Crippen molar-refractivity contribution in [2.24, 2.45) is 10.7 Å². The minimum Gasteiger partial charge on any atom is -0.398 e. The molecule has 0 unspecified atom stereocenters. The van der Waals surface area contributed by atoms with Crippen LogP contribution in [0.15, 0.2) is 59.6 Å². The third-order valence-electron chi connectivity index (χ3n) is 7.63. The van der Waals surface area contributed by atoms with Crippen molar-refractivity contribution < 1.29 is 18.3 Å². The molecule has 2 saturated heterocycles. The van der Waals surface area contributed by atoms with Gasteiger partial charge in [-0.3, -0.25) is 4.79 Å². The van der Waals surface area contributed by atoms with E-state index in [-0.39, 0.29) is 18.3 Å². The molecule has 5 rings (SSSR count). The number of aliphatic imine (C=N–C) groups is 1. The van der Waals surface area contributed by atoms with Crippen LogP contribution in [-0.4, -0.2) is 69.1 Å². The van der Waals surface area contributed by atoms with Crippen LogP contribution < -0.4 is 21.7 Å². The molecular formula is C31H36F2N6O2. The molecule has 0 saturated carbocycles. The maximum atomic E-state index is 13.7. The Morgan fingerprint density at radius 1 is 0.951 bits per heavy atom. The molecule has 0 atom stereocenters. The van der Waals surface area contributed by atoms with E-state index in [0.717, 1.165) is 56.3 Å². The Morgan fingerprint density at radius 2 is 1.66 bits per heavy atom. The van der Waals surface area contributed by atoms with Gasteiger partial charge in [0.25, 0.3) is 5.91 Å². The fraction of sp³-hybridized carbons (Fsp3) is 0.355. The van der Waals surface area contributed by atoms with Crippen molar-refractivity contribution in [3.05, 3.63) is 88.5 Å². The number of hydrogen-bond donors (Lipinski definition) is 3. The van der Waals surface area contributed by atoms with Crippen molar-refractivity contribution in [1.82, 2.24) is 4.90 Å². The van der Waals surface area contributed by atoms with Crippen LogP contribution in [0, 0.1) is 11.6 Å². The van der Waals surface area contributed by atoms with Gasteiger partial charge in [0.15, 0.2) is 0 Å². The summed E-state index contributed by atoms with van der Waals surface area (Å²) >= 11 is 0. The topological polar surface area (TPSA) is 109 Å². The molecule has 8 nitrogen and oxygen atoms in total. The predicted octanol–water partition coefficient (Wildman–Crippen LogP) is 4.03. The lowest BCUT2D eigenvalue weighted by atomic mass is 10.0. The number of ether oxygens (including phenoxy) is 1. The second-order valence-corrected chi connectivity index (χ2v) is 10.7. The van der Waals surface area contributed by atoms with Crippen LogP contribution in [0.25, 0.3) is 0 Å². The second-order valence-electron chi connectivity index (χ2n) is 10.7. The number of hydrogen-bond acceptors (Lipinski definition) is 6. The molecule has 0 bridgehead atoms. The number of nitrogens with two attached hydrogens (primary N) is 2. The molecule has 2 heterocycles. The highest BCUT2D eigenvalue weighted by atomic mass is 19.1. The van der Waals surface area contributed by atoms with E-state index in [4.69, 9.17) is 16.2 Å². The molecule has 3 aromatic rings. The van der Waals surface area contributed by atoms with Crippen LogP contribution in [0.4, 0.5) is 25.8 Å². The second kappa shape index (κ2) is 12.7. The standard InChI is InChI=1S/C31H36F2N6O2/c1-38-8-10-39(11-9-38)25-3-4-26(29(19-25)36-24-6-12-41-13-7-24)31(40)37-30(35)27-17-20(2-5-28(27)34)14-21-15-22(32)18-23(33)16-21/h2-5,15-19,24,36H,6-14,34H2,1H3,(H2,35,37,40). The van der Waals surface area contributed by atoms with Gasteiger partial charge in [0.1, 0.15) is 17.5 Å². The van der Waals surface area contributed by atoms with Gasteiger partial charge in [0.2, 0.25) is 0 Å². The number of carbonyl (C=O) groups is 1. The van der Waals surface area contributed by atoms with Gasteiger partial charge < -0.3 is 31.3 Å². The zero-order valence-corrected chi connectivity index (χ0v) is 23.2. The summed E-state index contributed by atoms with van der Waals surface area (Å²) in [5.41, 5.74) is 16.6. The lowest BCUT2D eigenvalue weighted by molar-refractivity contribution is 0.0904. The van der Waals surface area contributed by atoms with Gasteiger partial charge in [0, 0.05) is 74.1 Å². The average Bonchev–Trinajstić information content (AvgIpc) is 2.94. The first-order valence-electron chi connectivity index (χ1n) is 13.9. The molecule has 5 N–H and O–H groups in total. The quantitative estimate of drug-likeness (QED) is 0.227. The Morgan fingerprint density at radius 3 is 2.37 bits per heavy atom. The molecule has 1 amide bonds. The SMILES string of the molecule is CN1CCN(c2ccc(C(=O)N=C(N)c3cc(Cc4cc(F)cc(F)c4)ccc3N)c(NC3CCOCC3)c2)CC1. The number of nitrogen functional groups attached to an aromatic ring is 1. The Balaban J connectivity index is 1.41. The maximum absolute atomic E-state index is 13.7. The maximum Gasteiger partial charge on any atom is 0.281 e. The van der Waals surface area contributed by atoms with Gasteiger partial charge in [-0.2, -0.15) is 4.99 Å². The van der Waals surface area contributed by atoms with Gasteiger partial charge in [0.05, 0.1) is 5.56 Å². The van der Waals surface area contributed by atoms with Gasteiger partial charge >= 0.3 is 0 Å². The number of halogens is 2. The third kappa shape index (κ3) is 7.20. The van der Waals surface area contributed by atoms with Crippen molar-refractivity contribution >= 4 is 28.8 Å². The normalized spacial score (nSPS) is 17.0. The first kappa shape index (κ1) is 28.5. The van der Waals surface area contributed by atoms with E-state index in [9.17, 15) is 13.6 Å². The molecule has 0 spiro atoms. The fourth-order valence-corrected chi connectivity index (χ4v) is 5.28. The number of carbonyl (C=O) groups excluding carboxylic acids is 1. The van der Waals surface area contributed by atoms with Crippen molar-refractivity contribution in [3.63, 3.8) is 0 Å². The van der Waals surface area contributed by atoms with Crippen molar-refractivity contribution in [3.8, 4) is 0 Å². The third-order valence-corrected chi connectivity index (χ3v) is 7.63. The number of anilines is 3. The highest BCUT2D eigenvalue weighted by Gasteiger charge is 2.21. The summed E-state index contributed by atoms with van der Waals surface area (Å²) in [6.45, 7) is 5.09. The van der Waals surface area contributed by atoms with Crippen molar-refractivity contribution in [2.75, 3.05) is 62.4 Å². The number of nitrogens with zero attached hydrogens (tertiary/aromatic N) is 3. The predicted molar refractivity (Wildman–Crippen MR) is 159 cm³/mol. The summed E-state index contributed by atoms with van der Waals surface area (Å²) in [7, 11) is 2.11. The summed E-state index contributed by atoms with van der Waals surface area (Å²) in [6, 6.07) is 14.4. The monoisotopic (exact) mass is 562 g/mol. The zero-order valence-electron chi connectivity index (χ0n) is 23.2. The van der Waals surface area contributed by atoms with Gasteiger partial charge in [-0.1, -0.05) is 6.07 Å². The van der Waals surface area contributed by atoms with Crippen molar-refractivity contribution in [2.45, 2.75) is 25.3 Å². The van der Waals surface area contributed by atoms with E-state index < -0.39 is 17.5 Å². The van der Waals surface area contributed by atoms with Crippen LogP contribution >= 0.6 is 0 Å². The van der Waals surface area contributed by atoms with Gasteiger partial charge in [-0.25, -0.2) is 8.78 Å². The summed E-state index contributed by atoms with van der Waals surface area (Å²) in [5, 5.41) is 3.55. The highest BCUT2D eigenvalue weighted by Crippen LogP contribution is 2.28. The first-order valence-corrected chi connectivity index (χ1v) is 13.9. The van der Waals surface area contributed by atoms with Gasteiger partial charge in [-0.05, 0) is 79.9 Å². The molecule has 2 aliphatic rings. The van der Waals surface area contributed by atoms with Crippen molar-refractivity contribution in [1.29, 1.82) is 0 Å². The van der Waals surface area contributed by atoms with Crippen LogP contribution in [0.5, 0.6) is 0 Å². The van der Waals surface area contributed by atoms with Gasteiger partial charge in [-0.15, -0.1) is 0 Å². The average molecular weight is 563 g/mol.